The van der Waals surface area contributed by atoms with Crippen molar-refractivity contribution in [2.75, 3.05) is 32.7 Å². The molecule has 3 N–H and O–H groups in total. The van der Waals surface area contributed by atoms with Crippen molar-refractivity contribution >= 4 is 62.1 Å². The van der Waals surface area contributed by atoms with E-state index in [4.69, 9.17) is 28.8 Å². The van der Waals surface area contributed by atoms with Crippen LogP contribution in [0.1, 0.15) is 5.82 Å². The lowest BCUT2D eigenvalue weighted by molar-refractivity contribution is 0.123. The molecule has 1 aliphatic heterocycles. The van der Waals surface area contributed by atoms with Crippen LogP contribution in [0.2, 0.25) is 0 Å². The fourth-order valence-electron chi connectivity index (χ4n) is 2.66. The highest BCUT2D eigenvalue weighted by atomic mass is 32.7. The molecule has 4 unspecified atom stereocenters. The minimum absolute atomic E-state index is 0.0116. The Morgan fingerprint density at radius 1 is 1.50 bits per heavy atom. The number of nitrogens with two attached hydrogens (primary N) is 1. The van der Waals surface area contributed by atoms with Crippen molar-refractivity contribution in [2.24, 2.45) is 0 Å². The van der Waals surface area contributed by atoms with Crippen LogP contribution in [-0.2, 0) is 36.2 Å². The third kappa shape index (κ3) is 6.18. The molecule has 0 spiro atoms. The second kappa shape index (κ2) is 11.3. The second-order valence-electron chi connectivity index (χ2n) is 6.05. The zero-order valence-electron chi connectivity index (χ0n) is 15.9. The Bertz CT molecular complexity index is 963. The highest BCUT2D eigenvalue weighted by Gasteiger charge is 2.31. The number of halogens is 1. The van der Waals surface area contributed by atoms with Gasteiger partial charge in [-0.2, -0.15) is 4.98 Å². The molecule has 0 bridgehead atoms. The molecular formula is C14H22FN5O6P2S2. The number of methoxy groups -OCH3 is 1. The Hall–Kier alpha value is -0.690. The number of rotatable bonds is 10. The molecule has 0 saturated carbocycles. The normalized spacial score (nSPS) is 21.5. The summed E-state index contributed by atoms with van der Waals surface area (Å²) in [6, 6.07) is 0. The van der Waals surface area contributed by atoms with E-state index in [0.717, 1.165) is 0 Å². The van der Waals surface area contributed by atoms with Crippen molar-refractivity contribution in [1.29, 1.82) is 0 Å². The van der Waals surface area contributed by atoms with Crippen molar-refractivity contribution in [3.8, 4) is 0 Å². The number of nitrogen functional groups attached to an aromatic ring is 1. The average molecular weight is 501 g/mol. The molecule has 2 aromatic rings. The highest BCUT2D eigenvalue weighted by Crippen LogP contribution is 2.46. The lowest BCUT2D eigenvalue weighted by atomic mass is 10.3. The highest BCUT2D eigenvalue weighted by molar-refractivity contribution is 8.42. The molecule has 30 heavy (non-hydrogen) atoms. The zero-order chi connectivity index (χ0) is 21.7. The number of ether oxygens (including phenoxy) is 2. The lowest BCUT2D eigenvalue weighted by Gasteiger charge is -2.17. The molecular weight excluding hydrogens is 479 g/mol. The number of alkyl halides is 1. The maximum absolute atomic E-state index is 13.6. The van der Waals surface area contributed by atoms with Gasteiger partial charge >= 0.3 is 0 Å². The van der Waals surface area contributed by atoms with E-state index in [2.05, 4.69) is 39.4 Å². The fourth-order valence-corrected chi connectivity index (χ4v) is 5.07. The molecule has 0 radical (unpaired) electrons. The van der Waals surface area contributed by atoms with Gasteiger partial charge in [-0.1, -0.05) is 12.2 Å². The van der Waals surface area contributed by atoms with Crippen molar-refractivity contribution in [2.45, 2.75) is 25.4 Å². The van der Waals surface area contributed by atoms with Crippen LogP contribution in [0, 0.1) is 0 Å². The van der Waals surface area contributed by atoms with Gasteiger partial charge < -0.3 is 33.3 Å². The summed E-state index contributed by atoms with van der Waals surface area (Å²) < 4.78 is 41.9. The van der Waals surface area contributed by atoms with E-state index in [1.807, 2.05) is 0 Å². The predicted octanol–water partition coefficient (Wildman–Crippen LogP) is 1.53. The zero-order valence-corrected chi connectivity index (χ0v) is 19.5. The summed E-state index contributed by atoms with van der Waals surface area (Å²) in [7, 11) is -0.179. The van der Waals surface area contributed by atoms with E-state index in [-0.39, 0.29) is 37.9 Å². The van der Waals surface area contributed by atoms with Gasteiger partial charge in [0.15, 0.2) is 17.3 Å². The van der Waals surface area contributed by atoms with Crippen LogP contribution in [0.5, 0.6) is 0 Å². The summed E-state index contributed by atoms with van der Waals surface area (Å²) in [5, 5.41) is 0. The first kappa shape index (κ1) is 24.0. The first-order valence-electron chi connectivity index (χ1n) is 8.69. The monoisotopic (exact) mass is 501 g/mol. The van der Waals surface area contributed by atoms with Crippen LogP contribution in [0.25, 0.3) is 11.2 Å². The molecule has 0 aliphatic carbocycles. The summed E-state index contributed by atoms with van der Waals surface area (Å²) in [6.07, 6.45) is -1.95. The number of thiol groups is 2. The Morgan fingerprint density at radius 3 is 3.00 bits per heavy atom. The molecule has 3 rings (SSSR count). The molecule has 0 aromatic carbocycles. The van der Waals surface area contributed by atoms with E-state index < -0.39 is 32.4 Å². The standard InChI is InChI=1S/C14H22FN5O6P2S2/c1-22-7-27(29)24-3-2-20-10(17-11-12(20)18-14(16)19-13(11)21)6-25-28(30)26-9-5-23-4-8(9)15/h7-9,27,29-30H,2-6H2,1H3,(H3,16,18,19,21). The predicted molar refractivity (Wildman–Crippen MR) is 120 cm³/mol. The van der Waals surface area contributed by atoms with Crippen molar-refractivity contribution < 1.29 is 27.4 Å². The van der Waals surface area contributed by atoms with Gasteiger partial charge in [0.25, 0.3) is 5.56 Å². The molecule has 16 heteroatoms. The van der Waals surface area contributed by atoms with Gasteiger partial charge in [0.05, 0.1) is 32.8 Å². The topological polar surface area (TPSA) is 136 Å². The van der Waals surface area contributed by atoms with Crippen molar-refractivity contribution in [3.63, 3.8) is 0 Å². The van der Waals surface area contributed by atoms with E-state index in [0.29, 0.717) is 18.0 Å². The Morgan fingerprint density at radius 2 is 2.30 bits per heavy atom. The molecule has 1 aliphatic rings. The van der Waals surface area contributed by atoms with Crippen LogP contribution < -0.4 is 11.3 Å². The van der Waals surface area contributed by atoms with Gasteiger partial charge in [-0.25, -0.2) is 9.37 Å². The first-order valence-corrected chi connectivity index (χ1v) is 13.8. The van der Waals surface area contributed by atoms with Crippen LogP contribution >= 0.6 is 39.0 Å². The van der Waals surface area contributed by atoms with E-state index >= 15 is 0 Å². The second-order valence-corrected chi connectivity index (χ2v) is 10.5. The quantitative estimate of drug-likeness (QED) is 0.282. The fraction of sp³-hybridized carbons (Fsp3) is 0.571. The third-order valence-electron chi connectivity index (χ3n) is 3.98. The lowest BCUT2D eigenvalue weighted by Crippen LogP contribution is -2.21. The molecule has 3 heterocycles. The number of anilines is 1. The summed E-state index contributed by atoms with van der Waals surface area (Å²) in [5.74, 6) is 1.87. The Kier molecular flexibility index (Phi) is 8.99. The van der Waals surface area contributed by atoms with Gasteiger partial charge in [-0.15, -0.1) is 12.2 Å². The van der Waals surface area contributed by atoms with Crippen LogP contribution in [0.15, 0.2) is 4.79 Å². The van der Waals surface area contributed by atoms with Crippen LogP contribution in [-0.4, -0.2) is 64.7 Å². The number of aromatic amines is 1. The average Bonchev–Trinajstić information content (AvgIpc) is 3.24. The number of H-pyrrole nitrogens is 1. The summed E-state index contributed by atoms with van der Waals surface area (Å²) in [5.41, 5.74) is 5.60. The van der Waals surface area contributed by atoms with Crippen LogP contribution in [0.3, 0.4) is 0 Å². The number of nitrogens with zero attached hydrogens (tertiary/aromatic N) is 3. The molecule has 11 nitrogen and oxygen atoms in total. The van der Waals surface area contributed by atoms with Crippen molar-refractivity contribution in [1.82, 2.24) is 19.5 Å². The number of fused-ring (bicyclic) bond motifs is 1. The van der Waals surface area contributed by atoms with Gasteiger partial charge in [-0.3, -0.25) is 9.78 Å². The van der Waals surface area contributed by atoms with Gasteiger partial charge in [-0.05, 0) is 0 Å². The smallest absolute Gasteiger partial charge is 0.280 e. The molecule has 4 atom stereocenters. The Balaban J connectivity index is 1.74. The summed E-state index contributed by atoms with van der Waals surface area (Å²) >= 11 is 8.54. The number of aromatic nitrogens is 4. The van der Waals surface area contributed by atoms with Gasteiger partial charge in [0, 0.05) is 13.7 Å². The minimum Gasteiger partial charge on any atom is -0.375 e. The third-order valence-corrected chi connectivity index (χ3v) is 7.05. The van der Waals surface area contributed by atoms with E-state index in [1.54, 1.807) is 4.57 Å². The number of nitrogens with one attached hydrogen (secondary N) is 1. The summed E-state index contributed by atoms with van der Waals surface area (Å²) in [4.78, 5) is 23.1. The SMILES string of the molecule is CO/C=[PH](/S)OCCn1c(COP(S)OC2COCC2F)nc2c(=O)[nH]c(N)nc21. The molecule has 1 saturated heterocycles. The van der Waals surface area contributed by atoms with Gasteiger partial charge in [0.1, 0.15) is 18.5 Å². The maximum atomic E-state index is 13.6. The minimum atomic E-state index is -1.70. The largest absolute Gasteiger partial charge is 0.375 e. The van der Waals surface area contributed by atoms with Crippen LogP contribution in [0.4, 0.5) is 10.3 Å². The number of hydrogen-bond acceptors (Lipinski definition) is 11. The molecule has 2 aromatic heterocycles. The molecule has 1 fully saturated rings. The van der Waals surface area contributed by atoms with Gasteiger partial charge in [0.2, 0.25) is 13.5 Å². The summed E-state index contributed by atoms with van der Waals surface area (Å²) in [6.45, 7) is -0.862. The van der Waals surface area contributed by atoms with E-state index in [9.17, 15) is 9.18 Å². The van der Waals surface area contributed by atoms with Crippen molar-refractivity contribution in [3.05, 3.63) is 16.2 Å². The van der Waals surface area contributed by atoms with E-state index in [1.165, 1.54) is 13.1 Å². The molecule has 0 amide bonds. The number of hydrogen-bond donors (Lipinski definition) is 4. The Labute approximate surface area is 183 Å². The molecule has 168 valence electrons. The first-order chi connectivity index (χ1) is 14.4. The maximum Gasteiger partial charge on any atom is 0.280 e. The number of imidazole rings is 1.